The summed E-state index contributed by atoms with van der Waals surface area (Å²) in [5, 5.41) is 4.74. The fraction of sp³-hybridized carbons (Fsp3) is 0.300. The van der Waals surface area contributed by atoms with Gasteiger partial charge in [0.1, 0.15) is 0 Å². The predicted octanol–water partition coefficient (Wildman–Crippen LogP) is 4.72. The van der Waals surface area contributed by atoms with Crippen LogP contribution in [0.15, 0.2) is 36.7 Å². The monoisotopic (exact) mass is 540 g/mol. The molecule has 4 aromatic heterocycles. The van der Waals surface area contributed by atoms with Crippen molar-refractivity contribution in [2.24, 2.45) is 0 Å². The highest BCUT2D eigenvalue weighted by Gasteiger charge is 2.19. The summed E-state index contributed by atoms with van der Waals surface area (Å²) in [4.78, 5) is 18.6. The van der Waals surface area contributed by atoms with Crippen LogP contribution in [0.4, 0.5) is 5.13 Å². The van der Waals surface area contributed by atoms with Crippen LogP contribution < -0.4 is 10.2 Å². The minimum atomic E-state index is 0.218. The molecule has 0 aliphatic carbocycles. The highest BCUT2D eigenvalue weighted by Crippen LogP contribution is 2.25. The summed E-state index contributed by atoms with van der Waals surface area (Å²) in [6.45, 7) is 3.83. The molecule has 0 fully saturated rings. The molecule has 13 heteroatoms. The average molecular weight is 542 g/mol. The van der Waals surface area contributed by atoms with Gasteiger partial charge in [-0.15, -0.1) is 0 Å². The fourth-order valence-electron chi connectivity index (χ4n) is 3.33. The Hall–Kier alpha value is -1.95. The van der Waals surface area contributed by atoms with E-state index >= 15 is 0 Å². The molecule has 172 valence electrons. The second-order valence-electron chi connectivity index (χ2n) is 6.98. The molecule has 0 bridgehead atoms. The summed E-state index contributed by atoms with van der Waals surface area (Å²) in [6.07, 6.45) is 5.74. The van der Waals surface area contributed by atoms with Crippen LogP contribution in [0.2, 0.25) is 15.0 Å². The van der Waals surface area contributed by atoms with E-state index in [1.165, 1.54) is 34.0 Å². The molecule has 0 saturated carbocycles. The quantitative estimate of drug-likeness (QED) is 0.370. The second-order valence-corrected chi connectivity index (χ2v) is 9.72. The molecule has 6 rings (SSSR count). The Labute approximate surface area is 214 Å². The third kappa shape index (κ3) is 7.02. The largest absolute Gasteiger partial charge is 0.342 e. The minimum absolute atomic E-state index is 0.218. The molecule has 2 aliphatic rings. The highest BCUT2D eigenvalue weighted by molar-refractivity contribution is 7.10. The third-order valence-electron chi connectivity index (χ3n) is 4.84. The first-order valence-corrected chi connectivity index (χ1v) is 12.7. The third-order valence-corrected chi connectivity index (χ3v) is 6.95. The van der Waals surface area contributed by atoms with E-state index in [4.69, 9.17) is 34.8 Å². The van der Waals surface area contributed by atoms with Crippen molar-refractivity contribution >= 4 is 63.0 Å². The predicted molar refractivity (Wildman–Crippen MR) is 133 cm³/mol. The number of anilines is 1. The Morgan fingerprint density at radius 1 is 0.848 bits per heavy atom. The van der Waals surface area contributed by atoms with E-state index in [-0.39, 0.29) is 5.28 Å². The van der Waals surface area contributed by atoms with E-state index in [0.717, 1.165) is 55.7 Å². The van der Waals surface area contributed by atoms with Gasteiger partial charge >= 0.3 is 0 Å². The number of hydrogen-bond acceptors (Lipinski definition) is 10. The van der Waals surface area contributed by atoms with Gasteiger partial charge in [0.25, 0.3) is 0 Å². The smallest absolute Gasteiger partial charge is 0.236 e. The van der Waals surface area contributed by atoms with Gasteiger partial charge in [0.05, 0.1) is 0 Å². The number of nitrogens with one attached hydrogen (secondary N) is 1. The first-order valence-electron chi connectivity index (χ1n) is 10.0. The van der Waals surface area contributed by atoms with Crippen molar-refractivity contribution < 1.29 is 0 Å². The van der Waals surface area contributed by atoms with Gasteiger partial charge in [-0.2, -0.15) is 18.7 Å². The Kier molecular flexibility index (Phi) is 8.76. The lowest BCUT2D eigenvalue weighted by atomic mass is 10.1. The Balaban J connectivity index is 0.000000130. The van der Waals surface area contributed by atoms with E-state index in [1.807, 2.05) is 24.5 Å². The number of halogens is 3. The molecule has 0 unspecified atom stereocenters. The van der Waals surface area contributed by atoms with Gasteiger partial charge in [-0.3, -0.25) is 9.97 Å². The SMILES string of the molecule is Clc1nsc(Cl)n1.Clc1nsc(N2CCc3ncccc3C2)n1.c1cnc2c(c1)CNCC2. The van der Waals surface area contributed by atoms with Crippen LogP contribution in [-0.4, -0.2) is 41.8 Å². The summed E-state index contributed by atoms with van der Waals surface area (Å²) < 4.78 is 7.95. The van der Waals surface area contributed by atoms with Gasteiger partial charge in [0.15, 0.2) is 0 Å². The zero-order valence-electron chi connectivity index (χ0n) is 17.3. The van der Waals surface area contributed by atoms with Gasteiger partial charge in [-0.05, 0) is 69.6 Å². The highest BCUT2D eigenvalue weighted by atomic mass is 35.5. The standard InChI is InChI=1S/C10H9ClN4S.C8H10N2.C2Cl2N2S/c11-9-13-10(16-14-9)15-5-3-8-7(6-15)2-1-4-12-8;1-2-7-6-9-5-3-8(7)10-4-1;3-1-5-2(4)7-6-1/h1-2,4H,3,5-6H2;1-2,4,9H,3,5-6H2;. The summed E-state index contributed by atoms with van der Waals surface area (Å²) in [6, 6.07) is 8.20. The fourth-order valence-corrected chi connectivity index (χ4v) is 4.95. The maximum Gasteiger partial charge on any atom is 0.236 e. The molecule has 33 heavy (non-hydrogen) atoms. The van der Waals surface area contributed by atoms with Crippen molar-refractivity contribution in [3.05, 3.63) is 74.2 Å². The molecule has 6 heterocycles. The molecule has 8 nitrogen and oxygen atoms in total. The van der Waals surface area contributed by atoms with E-state index in [1.54, 1.807) is 0 Å². The lowest BCUT2D eigenvalue weighted by Crippen LogP contribution is -2.30. The lowest BCUT2D eigenvalue weighted by molar-refractivity contribution is 0.630. The number of nitrogens with zero attached hydrogens (tertiary/aromatic N) is 7. The summed E-state index contributed by atoms with van der Waals surface area (Å²) >= 11 is 18.7. The number of fused-ring (bicyclic) bond motifs is 2. The van der Waals surface area contributed by atoms with Crippen LogP contribution in [0, 0.1) is 0 Å². The maximum atomic E-state index is 5.73. The Bertz CT molecular complexity index is 1140. The normalized spacial score (nSPS) is 14.2. The first-order chi connectivity index (χ1) is 16.1. The van der Waals surface area contributed by atoms with Crippen LogP contribution in [-0.2, 0) is 25.9 Å². The zero-order valence-corrected chi connectivity index (χ0v) is 21.2. The van der Waals surface area contributed by atoms with Crippen molar-refractivity contribution in [1.82, 2.24) is 34.0 Å². The molecule has 0 saturated heterocycles. The molecule has 0 spiro atoms. The van der Waals surface area contributed by atoms with Gasteiger partial charge in [0, 0.05) is 74.3 Å². The van der Waals surface area contributed by atoms with E-state index < -0.39 is 0 Å². The number of hydrogen-bond donors (Lipinski definition) is 1. The molecule has 0 aromatic carbocycles. The molecule has 0 atom stereocenters. The number of aromatic nitrogens is 6. The van der Waals surface area contributed by atoms with Gasteiger partial charge in [-0.25, -0.2) is 0 Å². The zero-order chi connectivity index (χ0) is 23.0. The van der Waals surface area contributed by atoms with Crippen LogP contribution in [0.1, 0.15) is 22.5 Å². The molecule has 4 aromatic rings. The second kappa shape index (κ2) is 12.0. The van der Waals surface area contributed by atoms with Crippen LogP contribution in [0.25, 0.3) is 0 Å². The van der Waals surface area contributed by atoms with Crippen molar-refractivity contribution in [2.75, 3.05) is 18.0 Å². The average Bonchev–Trinajstić information content (AvgIpc) is 3.46. The van der Waals surface area contributed by atoms with Crippen LogP contribution in [0.3, 0.4) is 0 Å². The van der Waals surface area contributed by atoms with Gasteiger partial charge in [-0.1, -0.05) is 12.1 Å². The van der Waals surface area contributed by atoms with Crippen LogP contribution in [0.5, 0.6) is 0 Å². The van der Waals surface area contributed by atoms with E-state index in [9.17, 15) is 0 Å². The van der Waals surface area contributed by atoms with Crippen molar-refractivity contribution in [3.63, 3.8) is 0 Å². The molecule has 0 amide bonds. The first kappa shape index (κ1) is 24.2. The van der Waals surface area contributed by atoms with Gasteiger partial charge < -0.3 is 10.2 Å². The Morgan fingerprint density at radius 2 is 1.55 bits per heavy atom. The van der Waals surface area contributed by atoms with E-state index in [0.29, 0.717) is 9.75 Å². The lowest BCUT2D eigenvalue weighted by Gasteiger charge is -2.27. The van der Waals surface area contributed by atoms with E-state index in [2.05, 4.69) is 51.0 Å². The van der Waals surface area contributed by atoms with Crippen molar-refractivity contribution in [3.8, 4) is 0 Å². The topological polar surface area (TPSA) is 92.6 Å². The van der Waals surface area contributed by atoms with Crippen molar-refractivity contribution in [1.29, 1.82) is 0 Å². The molecule has 1 N–H and O–H groups in total. The molecular formula is C20H19Cl3N8S2. The van der Waals surface area contributed by atoms with Gasteiger partial charge in [0.2, 0.25) is 20.2 Å². The Morgan fingerprint density at radius 3 is 2.15 bits per heavy atom. The van der Waals surface area contributed by atoms with Crippen LogP contribution >= 0.6 is 57.9 Å². The number of rotatable bonds is 1. The molecule has 0 radical (unpaired) electrons. The summed E-state index contributed by atoms with van der Waals surface area (Å²) in [5.41, 5.74) is 5.07. The summed E-state index contributed by atoms with van der Waals surface area (Å²) in [7, 11) is 0. The number of pyridine rings is 2. The minimum Gasteiger partial charge on any atom is -0.342 e. The molecular weight excluding hydrogens is 523 g/mol. The molecule has 2 aliphatic heterocycles. The summed E-state index contributed by atoms with van der Waals surface area (Å²) in [5.74, 6) is 0. The maximum absolute atomic E-state index is 5.73. The van der Waals surface area contributed by atoms with Crippen molar-refractivity contribution in [2.45, 2.75) is 25.9 Å².